The number of hydrazone groups is 1. The van der Waals surface area contributed by atoms with Gasteiger partial charge >= 0.3 is 6.18 Å². The highest BCUT2D eigenvalue weighted by Gasteiger charge is 2.63. The molecule has 0 aliphatic carbocycles. The Morgan fingerprint density at radius 1 is 1.48 bits per heavy atom. The Bertz CT molecular complexity index is 661. The van der Waals surface area contributed by atoms with Crippen LogP contribution in [0.2, 0.25) is 5.02 Å². The summed E-state index contributed by atoms with van der Waals surface area (Å²) in [5.41, 5.74) is -2.64. The van der Waals surface area contributed by atoms with Crippen molar-refractivity contribution in [3.05, 3.63) is 34.3 Å². The standard InChI is InChI=1S/C15H16ClF3N2O2/c1-3-4-11-8-14(23,15(17,18)19)21(20-11)13(22)10-5-6-12(16)9(2)7-10/h5-7,23H,3-4,8H2,1-2H3/t14-/m0/s1. The first kappa shape index (κ1) is 17.7. The largest absolute Gasteiger partial charge is 0.438 e. The second-order valence-electron chi connectivity index (χ2n) is 5.49. The van der Waals surface area contributed by atoms with Crippen LogP contribution in [0, 0.1) is 6.92 Å². The van der Waals surface area contributed by atoms with Crippen molar-refractivity contribution in [2.24, 2.45) is 5.10 Å². The van der Waals surface area contributed by atoms with Gasteiger partial charge in [0.15, 0.2) is 0 Å². The van der Waals surface area contributed by atoms with Crippen LogP contribution in [-0.4, -0.2) is 33.6 Å². The molecule has 0 spiro atoms. The molecule has 0 aromatic heterocycles. The van der Waals surface area contributed by atoms with Gasteiger partial charge in [0.05, 0.1) is 0 Å². The number of amides is 1. The molecule has 0 fully saturated rings. The van der Waals surface area contributed by atoms with Gasteiger partial charge in [-0.2, -0.15) is 23.3 Å². The van der Waals surface area contributed by atoms with Crippen molar-refractivity contribution in [2.75, 3.05) is 0 Å². The van der Waals surface area contributed by atoms with Gasteiger partial charge < -0.3 is 5.11 Å². The quantitative estimate of drug-likeness (QED) is 0.900. The van der Waals surface area contributed by atoms with E-state index in [1.807, 2.05) is 0 Å². The highest BCUT2D eigenvalue weighted by Crippen LogP contribution is 2.41. The Hall–Kier alpha value is -1.60. The van der Waals surface area contributed by atoms with E-state index in [1.54, 1.807) is 13.8 Å². The molecule has 0 saturated heterocycles. The van der Waals surface area contributed by atoms with Crippen molar-refractivity contribution in [1.82, 2.24) is 5.01 Å². The molecule has 2 rings (SSSR count). The molecule has 0 unspecified atom stereocenters. The average molecular weight is 349 g/mol. The van der Waals surface area contributed by atoms with E-state index in [-0.39, 0.29) is 22.7 Å². The van der Waals surface area contributed by atoms with Crippen molar-refractivity contribution >= 4 is 23.2 Å². The zero-order valence-corrected chi connectivity index (χ0v) is 13.4. The number of alkyl halides is 3. The maximum atomic E-state index is 13.3. The summed E-state index contributed by atoms with van der Waals surface area (Å²) >= 11 is 5.86. The SMILES string of the molecule is CCCC1=NN(C(=O)c2ccc(Cl)c(C)c2)[C@@](O)(C(F)(F)F)C1. The topological polar surface area (TPSA) is 52.9 Å². The Morgan fingerprint density at radius 2 is 2.13 bits per heavy atom. The van der Waals surface area contributed by atoms with Crippen LogP contribution in [0.3, 0.4) is 0 Å². The molecule has 8 heteroatoms. The van der Waals surface area contributed by atoms with Crippen molar-refractivity contribution < 1.29 is 23.1 Å². The van der Waals surface area contributed by atoms with Gasteiger partial charge in [-0.3, -0.25) is 4.79 Å². The lowest BCUT2D eigenvalue weighted by atomic mass is 10.0. The van der Waals surface area contributed by atoms with Gasteiger partial charge in [0.2, 0.25) is 0 Å². The van der Waals surface area contributed by atoms with Gasteiger partial charge in [0, 0.05) is 22.7 Å². The average Bonchev–Trinajstić information content (AvgIpc) is 2.79. The van der Waals surface area contributed by atoms with E-state index in [0.29, 0.717) is 17.0 Å². The molecule has 1 aliphatic heterocycles. The molecule has 1 heterocycles. The Morgan fingerprint density at radius 3 is 2.65 bits per heavy atom. The smallest absolute Gasteiger partial charge is 0.362 e. The van der Waals surface area contributed by atoms with E-state index in [9.17, 15) is 23.1 Å². The number of nitrogens with zero attached hydrogens (tertiary/aromatic N) is 2. The van der Waals surface area contributed by atoms with Gasteiger partial charge in [-0.1, -0.05) is 24.9 Å². The number of hydrogen-bond acceptors (Lipinski definition) is 3. The molecule has 0 bridgehead atoms. The lowest BCUT2D eigenvalue weighted by molar-refractivity contribution is -0.297. The van der Waals surface area contributed by atoms with Crippen LogP contribution in [0.15, 0.2) is 23.3 Å². The van der Waals surface area contributed by atoms with Crippen LogP contribution in [0.1, 0.15) is 42.1 Å². The number of carbonyl (C=O) groups is 1. The number of aryl methyl sites for hydroxylation is 1. The number of hydrogen-bond donors (Lipinski definition) is 1. The van der Waals surface area contributed by atoms with Crippen LogP contribution in [0.25, 0.3) is 0 Å². The molecule has 1 aromatic rings. The van der Waals surface area contributed by atoms with Gasteiger partial charge in [0.25, 0.3) is 11.6 Å². The molecule has 1 N–H and O–H groups in total. The third kappa shape index (κ3) is 3.21. The van der Waals surface area contributed by atoms with Crippen LogP contribution in [-0.2, 0) is 0 Å². The van der Waals surface area contributed by atoms with Crippen molar-refractivity contribution in [2.45, 2.75) is 45.0 Å². The first-order valence-electron chi connectivity index (χ1n) is 7.06. The predicted molar refractivity (Wildman–Crippen MR) is 80.3 cm³/mol. The van der Waals surface area contributed by atoms with E-state index in [2.05, 4.69) is 5.10 Å². The first-order valence-corrected chi connectivity index (χ1v) is 7.44. The van der Waals surface area contributed by atoms with Crippen molar-refractivity contribution in [3.63, 3.8) is 0 Å². The molecular weight excluding hydrogens is 333 g/mol. The Kier molecular flexibility index (Phi) is 4.73. The zero-order chi connectivity index (χ0) is 17.4. The number of halogens is 4. The number of benzene rings is 1. The van der Waals surface area contributed by atoms with Crippen LogP contribution in [0.4, 0.5) is 13.2 Å². The summed E-state index contributed by atoms with van der Waals surface area (Å²) in [6.45, 7) is 3.41. The van der Waals surface area contributed by atoms with Crippen molar-refractivity contribution in [1.29, 1.82) is 0 Å². The summed E-state index contributed by atoms with van der Waals surface area (Å²) in [6.07, 6.45) is -4.90. The minimum absolute atomic E-state index is 0.0175. The summed E-state index contributed by atoms with van der Waals surface area (Å²) < 4.78 is 39.9. The third-order valence-corrected chi connectivity index (χ3v) is 4.06. The fraction of sp³-hybridized carbons (Fsp3) is 0.467. The van der Waals surface area contributed by atoms with Crippen molar-refractivity contribution in [3.8, 4) is 0 Å². The Labute approximate surface area is 136 Å². The molecule has 23 heavy (non-hydrogen) atoms. The first-order chi connectivity index (χ1) is 10.6. The van der Waals surface area contributed by atoms with E-state index in [4.69, 9.17) is 11.6 Å². The summed E-state index contributed by atoms with van der Waals surface area (Å²) in [5, 5.41) is 14.3. The van der Waals surface area contributed by atoms with Gasteiger partial charge in [0.1, 0.15) is 0 Å². The fourth-order valence-electron chi connectivity index (χ4n) is 2.38. The second-order valence-corrected chi connectivity index (χ2v) is 5.90. The number of carbonyl (C=O) groups excluding carboxylic acids is 1. The van der Waals surface area contributed by atoms with Gasteiger partial charge in [-0.05, 0) is 37.1 Å². The van der Waals surface area contributed by atoms with Gasteiger partial charge in [-0.25, -0.2) is 0 Å². The highest BCUT2D eigenvalue weighted by atomic mass is 35.5. The molecule has 1 aromatic carbocycles. The van der Waals surface area contributed by atoms with Crippen LogP contribution in [0.5, 0.6) is 0 Å². The normalized spacial score (nSPS) is 21.5. The van der Waals surface area contributed by atoms with Crippen LogP contribution < -0.4 is 0 Å². The summed E-state index contributed by atoms with van der Waals surface area (Å²) in [4.78, 5) is 12.4. The summed E-state index contributed by atoms with van der Waals surface area (Å²) in [5.74, 6) is -1.02. The fourth-order valence-corrected chi connectivity index (χ4v) is 2.50. The molecule has 126 valence electrons. The molecule has 0 radical (unpaired) electrons. The number of aliphatic hydroxyl groups is 1. The van der Waals surface area contributed by atoms with E-state index < -0.39 is 24.2 Å². The maximum Gasteiger partial charge on any atom is 0.438 e. The summed E-state index contributed by atoms with van der Waals surface area (Å²) in [7, 11) is 0. The van der Waals surface area contributed by atoms with Crippen LogP contribution >= 0.6 is 11.6 Å². The highest BCUT2D eigenvalue weighted by molar-refractivity contribution is 6.31. The van der Waals surface area contributed by atoms with Gasteiger partial charge in [-0.15, -0.1) is 0 Å². The molecule has 1 aliphatic rings. The monoisotopic (exact) mass is 348 g/mol. The zero-order valence-electron chi connectivity index (χ0n) is 12.6. The minimum Gasteiger partial charge on any atom is -0.362 e. The van der Waals surface area contributed by atoms with E-state index in [1.165, 1.54) is 18.2 Å². The minimum atomic E-state index is -5.01. The molecule has 1 atom stereocenters. The second kappa shape index (κ2) is 6.13. The summed E-state index contributed by atoms with van der Waals surface area (Å²) in [6, 6.07) is 4.10. The molecule has 0 saturated carbocycles. The van der Waals surface area contributed by atoms with E-state index in [0.717, 1.165) is 0 Å². The number of rotatable bonds is 3. The Balaban J connectivity index is 2.43. The lowest BCUT2D eigenvalue weighted by Crippen LogP contribution is -2.56. The van der Waals surface area contributed by atoms with E-state index >= 15 is 0 Å². The lowest BCUT2D eigenvalue weighted by Gasteiger charge is -2.32. The third-order valence-electron chi connectivity index (χ3n) is 3.63. The molecular formula is C15H16ClF3N2O2. The predicted octanol–water partition coefficient (Wildman–Crippen LogP) is 3.90. The molecule has 4 nitrogen and oxygen atoms in total. The maximum absolute atomic E-state index is 13.3. The molecule has 1 amide bonds.